The van der Waals surface area contributed by atoms with Crippen LogP contribution in [0.15, 0.2) is 48.8 Å². The third-order valence-electron chi connectivity index (χ3n) is 4.90. The lowest BCUT2D eigenvalue weighted by atomic mass is 10.1. The zero-order valence-electron chi connectivity index (χ0n) is 16.5. The van der Waals surface area contributed by atoms with Crippen molar-refractivity contribution in [3.8, 4) is 0 Å². The average Bonchev–Trinajstić information content (AvgIpc) is 2.74. The number of hydrogen-bond acceptors (Lipinski definition) is 5. The Morgan fingerprint density at radius 1 is 1.18 bits per heavy atom. The molecule has 0 spiro atoms. The maximum absolute atomic E-state index is 13.2. The summed E-state index contributed by atoms with van der Waals surface area (Å²) in [6.07, 6.45) is 4.48. The van der Waals surface area contributed by atoms with Gasteiger partial charge < -0.3 is 14.4 Å². The van der Waals surface area contributed by atoms with Crippen molar-refractivity contribution in [1.82, 2.24) is 14.8 Å². The van der Waals surface area contributed by atoms with E-state index >= 15 is 0 Å². The molecule has 1 aromatic carbocycles. The van der Waals surface area contributed by atoms with Crippen molar-refractivity contribution < 1.29 is 14.3 Å². The minimum Gasteiger partial charge on any atom is -0.380 e. The van der Waals surface area contributed by atoms with Gasteiger partial charge in [0.15, 0.2) is 0 Å². The minimum absolute atomic E-state index is 0.0525. The fraction of sp³-hybridized carbons (Fsp3) is 0.455. The highest BCUT2D eigenvalue weighted by Gasteiger charge is 2.18. The smallest absolute Gasteiger partial charge is 0.254 e. The van der Waals surface area contributed by atoms with Gasteiger partial charge in [-0.3, -0.25) is 14.7 Å². The lowest BCUT2D eigenvalue weighted by Gasteiger charge is -2.28. The topological polar surface area (TPSA) is 54.9 Å². The van der Waals surface area contributed by atoms with Gasteiger partial charge in [0.2, 0.25) is 0 Å². The van der Waals surface area contributed by atoms with Gasteiger partial charge in [0.05, 0.1) is 19.8 Å². The van der Waals surface area contributed by atoms with E-state index < -0.39 is 0 Å². The molecule has 1 aromatic heterocycles. The van der Waals surface area contributed by atoms with Crippen LogP contribution in [0.5, 0.6) is 0 Å². The second kappa shape index (κ2) is 10.9. The lowest BCUT2D eigenvalue weighted by Crippen LogP contribution is -2.39. The molecule has 1 fully saturated rings. The molecule has 150 valence electrons. The Hall–Kier alpha value is -2.28. The summed E-state index contributed by atoms with van der Waals surface area (Å²) in [5.74, 6) is 0.0525. The highest BCUT2D eigenvalue weighted by Crippen LogP contribution is 2.13. The standard InChI is InChI=1S/C22H29N3O3/c1-27-18-20-4-2-5-21(16-20)22(26)25(17-19-6-8-23-9-7-19)11-3-10-24-12-14-28-15-13-24/h2,4-9,16H,3,10-15,17-18H2,1H3. The lowest BCUT2D eigenvalue weighted by molar-refractivity contribution is 0.0355. The van der Waals surface area contributed by atoms with E-state index in [4.69, 9.17) is 9.47 Å². The first kappa shape index (κ1) is 20.5. The first-order chi connectivity index (χ1) is 13.8. The molecule has 0 atom stereocenters. The molecule has 0 N–H and O–H groups in total. The van der Waals surface area contributed by atoms with Crippen LogP contribution in [0.2, 0.25) is 0 Å². The summed E-state index contributed by atoms with van der Waals surface area (Å²) in [6.45, 7) is 6.31. The van der Waals surface area contributed by atoms with Crippen molar-refractivity contribution in [3.63, 3.8) is 0 Å². The normalized spacial score (nSPS) is 14.8. The van der Waals surface area contributed by atoms with E-state index in [2.05, 4.69) is 9.88 Å². The van der Waals surface area contributed by atoms with Crippen LogP contribution in [0.1, 0.15) is 27.9 Å². The molecule has 0 unspecified atom stereocenters. The molecule has 6 heteroatoms. The maximum Gasteiger partial charge on any atom is 0.254 e. The molecule has 0 radical (unpaired) electrons. The van der Waals surface area contributed by atoms with Crippen molar-refractivity contribution in [1.29, 1.82) is 0 Å². The van der Waals surface area contributed by atoms with Gasteiger partial charge in [0, 0.05) is 57.8 Å². The van der Waals surface area contributed by atoms with Crippen LogP contribution in [-0.2, 0) is 22.6 Å². The fourth-order valence-electron chi connectivity index (χ4n) is 3.41. The number of rotatable bonds is 9. The van der Waals surface area contributed by atoms with E-state index in [0.29, 0.717) is 25.3 Å². The Balaban J connectivity index is 1.67. The third kappa shape index (κ3) is 6.12. The summed E-state index contributed by atoms with van der Waals surface area (Å²) in [6, 6.07) is 11.6. The second-order valence-corrected chi connectivity index (χ2v) is 7.02. The molecule has 1 aliphatic heterocycles. The predicted molar refractivity (Wildman–Crippen MR) is 108 cm³/mol. The molecule has 3 rings (SSSR count). The summed E-state index contributed by atoms with van der Waals surface area (Å²) < 4.78 is 10.6. The molecule has 1 amide bonds. The molecule has 0 aliphatic carbocycles. The van der Waals surface area contributed by atoms with Crippen LogP contribution in [0.25, 0.3) is 0 Å². The first-order valence-electron chi connectivity index (χ1n) is 9.82. The summed E-state index contributed by atoms with van der Waals surface area (Å²) in [4.78, 5) is 21.6. The number of methoxy groups -OCH3 is 1. The Morgan fingerprint density at radius 3 is 2.71 bits per heavy atom. The molecule has 0 saturated carbocycles. The third-order valence-corrected chi connectivity index (χ3v) is 4.90. The SMILES string of the molecule is COCc1cccc(C(=O)N(CCCN2CCOCC2)Cc2ccncc2)c1. The molecule has 28 heavy (non-hydrogen) atoms. The molecule has 1 aliphatic rings. The van der Waals surface area contributed by atoms with Gasteiger partial charge in [-0.1, -0.05) is 12.1 Å². The summed E-state index contributed by atoms with van der Waals surface area (Å²) in [5.41, 5.74) is 2.79. The number of pyridine rings is 1. The van der Waals surface area contributed by atoms with E-state index in [1.165, 1.54) is 0 Å². The molecule has 2 heterocycles. The highest BCUT2D eigenvalue weighted by atomic mass is 16.5. The summed E-state index contributed by atoms with van der Waals surface area (Å²) in [7, 11) is 1.66. The molecule has 0 bridgehead atoms. The number of carbonyl (C=O) groups is 1. The molecule has 6 nitrogen and oxygen atoms in total. The van der Waals surface area contributed by atoms with Crippen molar-refractivity contribution >= 4 is 5.91 Å². The molecular weight excluding hydrogens is 354 g/mol. The van der Waals surface area contributed by atoms with E-state index in [1.807, 2.05) is 41.3 Å². The van der Waals surface area contributed by atoms with Crippen LogP contribution < -0.4 is 0 Å². The Labute approximate surface area is 167 Å². The van der Waals surface area contributed by atoms with Gasteiger partial charge in [-0.05, 0) is 41.8 Å². The predicted octanol–water partition coefficient (Wildman–Crippen LogP) is 2.59. The number of benzene rings is 1. The Kier molecular flexibility index (Phi) is 7.96. The number of aromatic nitrogens is 1. The monoisotopic (exact) mass is 383 g/mol. The minimum atomic E-state index is 0.0525. The van der Waals surface area contributed by atoms with Crippen LogP contribution in [-0.4, -0.2) is 67.2 Å². The largest absolute Gasteiger partial charge is 0.380 e. The van der Waals surface area contributed by atoms with E-state index in [1.54, 1.807) is 19.5 Å². The Morgan fingerprint density at radius 2 is 1.96 bits per heavy atom. The quantitative estimate of drug-likeness (QED) is 0.666. The number of nitrogens with zero attached hydrogens (tertiary/aromatic N) is 3. The molecule has 2 aromatic rings. The fourth-order valence-corrected chi connectivity index (χ4v) is 3.41. The van der Waals surface area contributed by atoms with Crippen molar-refractivity contribution in [2.24, 2.45) is 0 Å². The van der Waals surface area contributed by atoms with Crippen LogP contribution >= 0.6 is 0 Å². The van der Waals surface area contributed by atoms with Crippen LogP contribution in [0.4, 0.5) is 0 Å². The van der Waals surface area contributed by atoms with E-state index in [9.17, 15) is 4.79 Å². The van der Waals surface area contributed by atoms with Gasteiger partial charge in [-0.2, -0.15) is 0 Å². The van der Waals surface area contributed by atoms with Crippen molar-refractivity contribution in [2.45, 2.75) is 19.6 Å². The second-order valence-electron chi connectivity index (χ2n) is 7.02. The van der Waals surface area contributed by atoms with Crippen molar-refractivity contribution in [2.75, 3.05) is 46.5 Å². The van der Waals surface area contributed by atoms with Crippen molar-refractivity contribution in [3.05, 3.63) is 65.5 Å². The molecular formula is C22H29N3O3. The maximum atomic E-state index is 13.2. The van der Waals surface area contributed by atoms with E-state index in [-0.39, 0.29) is 5.91 Å². The summed E-state index contributed by atoms with van der Waals surface area (Å²) >= 11 is 0. The number of hydrogen-bond donors (Lipinski definition) is 0. The van der Waals surface area contributed by atoms with Gasteiger partial charge in [-0.25, -0.2) is 0 Å². The van der Waals surface area contributed by atoms with E-state index in [0.717, 1.165) is 50.4 Å². The summed E-state index contributed by atoms with van der Waals surface area (Å²) in [5, 5.41) is 0. The van der Waals surface area contributed by atoms with Crippen LogP contribution in [0.3, 0.4) is 0 Å². The first-order valence-corrected chi connectivity index (χ1v) is 9.82. The number of morpholine rings is 1. The highest BCUT2D eigenvalue weighted by molar-refractivity contribution is 5.94. The number of amides is 1. The number of carbonyl (C=O) groups excluding carboxylic acids is 1. The number of ether oxygens (including phenoxy) is 2. The van der Waals surface area contributed by atoms with Crippen LogP contribution in [0, 0.1) is 0 Å². The zero-order chi connectivity index (χ0) is 19.6. The van der Waals surface area contributed by atoms with Gasteiger partial charge in [0.1, 0.15) is 0 Å². The average molecular weight is 383 g/mol. The van der Waals surface area contributed by atoms with Gasteiger partial charge in [-0.15, -0.1) is 0 Å². The van der Waals surface area contributed by atoms with Gasteiger partial charge >= 0.3 is 0 Å². The molecule has 1 saturated heterocycles. The Bertz CT molecular complexity index is 733. The van der Waals surface area contributed by atoms with Gasteiger partial charge in [0.25, 0.3) is 5.91 Å². The zero-order valence-corrected chi connectivity index (χ0v) is 16.5.